The lowest BCUT2D eigenvalue weighted by atomic mass is 10.3. The van der Waals surface area contributed by atoms with E-state index in [1.54, 1.807) is 29.3 Å². The van der Waals surface area contributed by atoms with Gasteiger partial charge in [-0.25, -0.2) is 4.98 Å². The molecule has 2 aromatic rings. The first-order valence-corrected chi connectivity index (χ1v) is 8.22. The third kappa shape index (κ3) is 2.84. The summed E-state index contributed by atoms with van der Waals surface area (Å²) in [4.78, 5) is 18.0. The zero-order valence-corrected chi connectivity index (χ0v) is 12.1. The van der Waals surface area contributed by atoms with Crippen molar-refractivity contribution < 1.29 is 4.79 Å². The predicted octanol–water partition coefficient (Wildman–Crippen LogP) is 2.61. The van der Waals surface area contributed by atoms with Gasteiger partial charge in [-0.15, -0.1) is 11.8 Å². The van der Waals surface area contributed by atoms with Crippen LogP contribution in [0.3, 0.4) is 0 Å². The zero-order chi connectivity index (χ0) is 13.1. The Labute approximate surface area is 120 Å². The van der Waals surface area contributed by atoms with Gasteiger partial charge in [0.25, 0.3) is 0 Å². The minimum absolute atomic E-state index is 0.210. The number of thioether (sulfide) groups is 1. The fraction of sp³-hybridized carbons (Fsp3) is 0.385. The van der Waals surface area contributed by atoms with Crippen LogP contribution in [0.1, 0.15) is 17.4 Å². The molecule has 1 amide bonds. The predicted molar refractivity (Wildman–Crippen MR) is 78.1 cm³/mol. The monoisotopic (exact) mass is 293 g/mol. The summed E-state index contributed by atoms with van der Waals surface area (Å²) >= 11 is 3.42. The van der Waals surface area contributed by atoms with Crippen LogP contribution in [0.2, 0.25) is 0 Å². The van der Waals surface area contributed by atoms with Gasteiger partial charge in [0.2, 0.25) is 5.91 Å². The zero-order valence-electron chi connectivity index (χ0n) is 10.4. The average molecular weight is 293 g/mol. The molecule has 100 valence electrons. The fourth-order valence-corrected chi connectivity index (χ4v) is 4.20. The van der Waals surface area contributed by atoms with Gasteiger partial charge >= 0.3 is 0 Å². The molecular weight excluding hydrogens is 278 g/mol. The second kappa shape index (κ2) is 5.79. The Hall–Kier alpha value is -1.27. The molecule has 6 heteroatoms. The summed E-state index contributed by atoms with van der Waals surface area (Å²) in [6.45, 7) is 1.72. The molecule has 3 rings (SSSR count). The van der Waals surface area contributed by atoms with Gasteiger partial charge in [0.1, 0.15) is 5.37 Å². The summed E-state index contributed by atoms with van der Waals surface area (Å²) in [5.74, 6) is 0.859. The molecule has 1 fully saturated rings. The van der Waals surface area contributed by atoms with Crippen LogP contribution in [0.5, 0.6) is 0 Å². The van der Waals surface area contributed by atoms with Crippen molar-refractivity contribution in [2.75, 3.05) is 12.3 Å². The SMILES string of the molecule is O=C1CSC(c2ccsc2)N1CCCn1ccnc1. The number of aryl methyl sites for hydroxylation is 1. The van der Waals surface area contributed by atoms with E-state index in [-0.39, 0.29) is 11.3 Å². The molecule has 19 heavy (non-hydrogen) atoms. The van der Waals surface area contributed by atoms with Crippen LogP contribution in [0.4, 0.5) is 0 Å². The molecule has 1 aliphatic rings. The molecule has 0 N–H and O–H groups in total. The minimum atomic E-state index is 0.210. The summed E-state index contributed by atoms with van der Waals surface area (Å²) in [6, 6.07) is 2.11. The van der Waals surface area contributed by atoms with Gasteiger partial charge in [-0.05, 0) is 28.8 Å². The Morgan fingerprint density at radius 3 is 3.11 bits per heavy atom. The molecule has 2 aromatic heterocycles. The molecule has 1 saturated heterocycles. The van der Waals surface area contributed by atoms with E-state index in [2.05, 4.69) is 21.8 Å². The van der Waals surface area contributed by atoms with Gasteiger partial charge in [-0.1, -0.05) is 0 Å². The van der Waals surface area contributed by atoms with E-state index in [9.17, 15) is 4.79 Å². The highest BCUT2D eigenvalue weighted by Gasteiger charge is 2.32. The van der Waals surface area contributed by atoms with E-state index >= 15 is 0 Å². The summed E-state index contributed by atoms with van der Waals surface area (Å²) in [5.41, 5.74) is 1.25. The third-order valence-electron chi connectivity index (χ3n) is 3.17. The van der Waals surface area contributed by atoms with Crippen molar-refractivity contribution in [3.05, 3.63) is 41.1 Å². The van der Waals surface area contributed by atoms with Crippen molar-refractivity contribution in [3.63, 3.8) is 0 Å². The average Bonchev–Trinajstić information content (AvgIpc) is 3.12. The van der Waals surface area contributed by atoms with E-state index < -0.39 is 0 Å². The second-order valence-electron chi connectivity index (χ2n) is 4.46. The van der Waals surface area contributed by atoms with Gasteiger partial charge in [0, 0.05) is 25.5 Å². The molecular formula is C13H15N3OS2. The van der Waals surface area contributed by atoms with E-state index in [0.29, 0.717) is 5.75 Å². The molecule has 0 saturated carbocycles. The first-order chi connectivity index (χ1) is 9.34. The summed E-state index contributed by atoms with van der Waals surface area (Å²) in [5, 5.41) is 4.42. The number of rotatable bonds is 5. The lowest BCUT2D eigenvalue weighted by molar-refractivity contribution is -0.128. The molecule has 0 spiro atoms. The number of thiophene rings is 1. The number of carbonyl (C=O) groups is 1. The summed E-state index contributed by atoms with van der Waals surface area (Å²) in [7, 11) is 0. The summed E-state index contributed by atoms with van der Waals surface area (Å²) in [6.07, 6.45) is 6.52. The van der Waals surface area contributed by atoms with Crippen LogP contribution in [-0.4, -0.2) is 32.7 Å². The third-order valence-corrected chi connectivity index (χ3v) is 5.13. The molecule has 4 nitrogen and oxygen atoms in total. The number of nitrogens with zero attached hydrogens (tertiary/aromatic N) is 3. The van der Waals surface area contributed by atoms with Gasteiger partial charge in [-0.3, -0.25) is 4.79 Å². The molecule has 0 aliphatic carbocycles. The quantitative estimate of drug-likeness (QED) is 0.850. The van der Waals surface area contributed by atoms with Gasteiger partial charge in [-0.2, -0.15) is 11.3 Å². The normalized spacial score (nSPS) is 19.3. The molecule has 0 bridgehead atoms. The molecule has 1 aliphatic heterocycles. The Kier molecular flexibility index (Phi) is 3.89. The van der Waals surface area contributed by atoms with Crippen molar-refractivity contribution in [1.29, 1.82) is 0 Å². The Morgan fingerprint density at radius 2 is 2.37 bits per heavy atom. The summed E-state index contributed by atoms with van der Waals surface area (Å²) < 4.78 is 2.05. The second-order valence-corrected chi connectivity index (χ2v) is 6.31. The Morgan fingerprint density at radius 1 is 1.42 bits per heavy atom. The largest absolute Gasteiger partial charge is 0.337 e. The molecule has 1 atom stereocenters. The number of aromatic nitrogens is 2. The van der Waals surface area contributed by atoms with Crippen molar-refractivity contribution in [1.82, 2.24) is 14.5 Å². The topological polar surface area (TPSA) is 38.1 Å². The van der Waals surface area contributed by atoms with Crippen LogP contribution >= 0.6 is 23.1 Å². The van der Waals surface area contributed by atoms with Gasteiger partial charge in [0.05, 0.1) is 12.1 Å². The highest BCUT2D eigenvalue weighted by molar-refractivity contribution is 8.00. The van der Waals surface area contributed by atoms with E-state index in [0.717, 1.165) is 19.5 Å². The van der Waals surface area contributed by atoms with Crippen LogP contribution in [0.25, 0.3) is 0 Å². The lowest BCUT2D eigenvalue weighted by Gasteiger charge is -2.23. The Balaban J connectivity index is 1.59. The maximum atomic E-state index is 12.0. The lowest BCUT2D eigenvalue weighted by Crippen LogP contribution is -2.29. The van der Waals surface area contributed by atoms with Gasteiger partial charge < -0.3 is 9.47 Å². The smallest absolute Gasteiger partial charge is 0.233 e. The van der Waals surface area contributed by atoms with E-state index in [1.807, 2.05) is 22.0 Å². The number of amides is 1. The standard InChI is InChI=1S/C13H15N3OS2/c17-12-9-19-13(11-2-7-18-8-11)16(12)5-1-4-15-6-3-14-10-15/h2-3,6-8,10,13H,1,4-5,9H2. The van der Waals surface area contributed by atoms with Crippen molar-refractivity contribution in [2.45, 2.75) is 18.3 Å². The minimum Gasteiger partial charge on any atom is -0.337 e. The number of hydrogen-bond donors (Lipinski definition) is 0. The number of hydrogen-bond acceptors (Lipinski definition) is 4. The maximum Gasteiger partial charge on any atom is 0.233 e. The van der Waals surface area contributed by atoms with Crippen LogP contribution in [-0.2, 0) is 11.3 Å². The maximum absolute atomic E-state index is 12.0. The van der Waals surface area contributed by atoms with Gasteiger partial charge in [0.15, 0.2) is 0 Å². The first kappa shape index (κ1) is 12.7. The van der Waals surface area contributed by atoms with Crippen molar-refractivity contribution in [3.8, 4) is 0 Å². The van der Waals surface area contributed by atoms with E-state index in [4.69, 9.17) is 0 Å². The fourth-order valence-electron chi connectivity index (χ4n) is 2.23. The van der Waals surface area contributed by atoms with E-state index in [1.165, 1.54) is 5.56 Å². The number of imidazole rings is 1. The highest BCUT2D eigenvalue weighted by Crippen LogP contribution is 2.39. The van der Waals surface area contributed by atoms with Crippen molar-refractivity contribution >= 4 is 29.0 Å². The van der Waals surface area contributed by atoms with Crippen molar-refractivity contribution in [2.24, 2.45) is 0 Å². The van der Waals surface area contributed by atoms with Crippen LogP contribution in [0, 0.1) is 0 Å². The van der Waals surface area contributed by atoms with Crippen LogP contribution < -0.4 is 0 Å². The number of carbonyl (C=O) groups excluding carboxylic acids is 1. The van der Waals surface area contributed by atoms with Crippen LogP contribution in [0.15, 0.2) is 35.5 Å². The first-order valence-electron chi connectivity index (χ1n) is 6.23. The molecule has 3 heterocycles. The molecule has 1 unspecified atom stereocenters. The molecule has 0 radical (unpaired) electrons. The highest BCUT2D eigenvalue weighted by atomic mass is 32.2. The molecule has 0 aromatic carbocycles. The Bertz CT molecular complexity index is 524.